The summed E-state index contributed by atoms with van der Waals surface area (Å²) < 4.78 is 37.7. The highest BCUT2D eigenvalue weighted by atomic mass is 32.2. The second kappa shape index (κ2) is 10.2. The van der Waals surface area contributed by atoms with Crippen LogP contribution in [0.2, 0.25) is 0 Å². The van der Waals surface area contributed by atoms with Gasteiger partial charge < -0.3 is 10.4 Å². The first-order valence-electron chi connectivity index (χ1n) is 10.6. The highest BCUT2D eigenvalue weighted by Crippen LogP contribution is 2.39. The predicted molar refractivity (Wildman–Crippen MR) is 135 cm³/mol. The number of halogens is 1. The molecular formula is C23H15FN6O8S. The van der Waals surface area contributed by atoms with E-state index in [1.807, 2.05) is 0 Å². The lowest BCUT2D eigenvalue weighted by Gasteiger charge is -2.12. The zero-order valence-electron chi connectivity index (χ0n) is 19.3. The number of benzene rings is 4. The third-order valence-corrected chi connectivity index (χ3v) is 6.32. The van der Waals surface area contributed by atoms with Gasteiger partial charge in [-0.3, -0.25) is 25.0 Å². The maximum absolute atomic E-state index is 13.7. The van der Waals surface area contributed by atoms with Gasteiger partial charge in [0.05, 0.1) is 21.2 Å². The number of nitro groups is 2. The summed E-state index contributed by atoms with van der Waals surface area (Å²) in [5.74, 6) is -2.18. The number of phenolic OH excluding ortho intramolecular Hbond substituents is 1. The van der Waals surface area contributed by atoms with Crippen molar-refractivity contribution in [2.75, 3.05) is 5.32 Å². The fourth-order valence-corrected chi connectivity index (χ4v) is 4.27. The average molecular weight is 554 g/mol. The minimum absolute atomic E-state index is 0.0301. The van der Waals surface area contributed by atoms with E-state index in [1.165, 1.54) is 30.3 Å². The van der Waals surface area contributed by atoms with Gasteiger partial charge in [-0.1, -0.05) is 12.1 Å². The van der Waals surface area contributed by atoms with E-state index in [-0.39, 0.29) is 39.1 Å². The number of primary sulfonamides is 1. The number of sulfonamides is 1. The number of rotatable bonds is 7. The number of amides is 1. The molecule has 39 heavy (non-hydrogen) atoms. The summed E-state index contributed by atoms with van der Waals surface area (Å²) in [6.07, 6.45) is 0. The number of carbonyl (C=O) groups excluding carboxylic acids is 1. The molecule has 0 aliphatic heterocycles. The lowest BCUT2D eigenvalue weighted by atomic mass is 10.1. The Morgan fingerprint density at radius 3 is 2.31 bits per heavy atom. The van der Waals surface area contributed by atoms with Crippen molar-refractivity contribution in [3.63, 3.8) is 0 Å². The van der Waals surface area contributed by atoms with E-state index in [1.54, 1.807) is 0 Å². The first kappa shape index (κ1) is 26.7. The molecule has 0 radical (unpaired) electrons. The van der Waals surface area contributed by atoms with Crippen LogP contribution in [-0.2, 0) is 10.0 Å². The van der Waals surface area contributed by atoms with Crippen molar-refractivity contribution in [3.05, 3.63) is 98.3 Å². The van der Waals surface area contributed by atoms with E-state index in [0.717, 1.165) is 36.4 Å². The third-order valence-electron chi connectivity index (χ3n) is 5.38. The number of hydrogen-bond acceptors (Lipinski definition) is 10. The molecule has 0 atom stereocenters. The molecule has 1 amide bonds. The van der Waals surface area contributed by atoms with Crippen LogP contribution in [0.25, 0.3) is 10.8 Å². The molecule has 4 aromatic rings. The Morgan fingerprint density at radius 1 is 0.949 bits per heavy atom. The number of nitro benzene ring substituents is 2. The molecule has 4 aromatic carbocycles. The molecule has 0 fully saturated rings. The molecule has 0 saturated heterocycles. The second-order valence-electron chi connectivity index (χ2n) is 7.86. The van der Waals surface area contributed by atoms with E-state index in [9.17, 15) is 42.9 Å². The molecule has 198 valence electrons. The zero-order valence-corrected chi connectivity index (χ0v) is 20.1. The third kappa shape index (κ3) is 5.50. The van der Waals surface area contributed by atoms with Gasteiger partial charge in [0, 0.05) is 34.5 Å². The number of carbonyl (C=O) groups is 1. The Labute approximate surface area is 217 Å². The summed E-state index contributed by atoms with van der Waals surface area (Å²) in [5.41, 5.74) is -1.88. The van der Waals surface area contributed by atoms with Crippen molar-refractivity contribution in [3.8, 4) is 5.75 Å². The molecule has 0 unspecified atom stereocenters. The van der Waals surface area contributed by atoms with Gasteiger partial charge in [-0.05, 0) is 36.4 Å². The molecular weight excluding hydrogens is 539 g/mol. The highest BCUT2D eigenvalue weighted by molar-refractivity contribution is 7.89. The zero-order chi connectivity index (χ0) is 28.5. The number of non-ortho nitro benzene ring substituents is 1. The quantitative estimate of drug-likeness (QED) is 0.163. The van der Waals surface area contributed by atoms with E-state index in [4.69, 9.17) is 5.14 Å². The Morgan fingerprint density at radius 2 is 1.64 bits per heavy atom. The fourth-order valence-electron chi connectivity index (χ4n) is 3.58. The van der Waals surface area contributed by atoms with Gasteiger partial charge in [0.1, 0.15) is 16.3 Å². The second-order valence-corrected chi connectivity index (χ2v) is 9.39. The summed E-state index contributed by atoms with van der Waals surface area (Å²) in [5, 5.41) is 48.4. The van der Waals surface area contributed by atoms with Gasteiger partial charge in [0.2, 0.25) is 15.8 Å². The van der Waals surface area contributed by atoms with Crippen LogP contribution in [0.1, 0.15) is 10.4 Å². The van der Waals surface area contributed by atoms with E-state index in [0.29, 0.717) is 0 Å². The topological polar surface area (TPSA) is 220 Å². The number of fused-ring (bicyclic) bond motifs is 1. The van der Waals surface area contributed by atoms with Crippen LogP contribution in [0, 0.1) is 26.0 Å². The van der Waals surface area contributed by atoms with Crippen molar-refractivity contribution >= 4 is 55.1 Å². The Hall–Kier alpha value is -5.35. The summed E-state index contributed by atoms with van der Waals surface area (Å²) in [4.78, 5) is 32.5. The van der Waals surface area contributed by atoms with Crippen LogP contribution >= 0.6 is 0 Å². The van der Waals surface area contributed by atoms with Gasteiger partial charge in [0.25, 0.3) is 11.6 Å². The van der Waals surface area contributed by atoms with Crippen molar-refractivity contribution in [1.29, 1.82) is 0 Å². The van der Waals surface area contributed by atoms with Gasteiger partial charge >= 0.3 is 5.69 Å². The smallest absolute Gasteiger partial charge is 0.305 e. The monoisotopic (exact) mass is 554 g/mol. The van der Waals surface area contributed by atoms with Crippen molar-refractivity contribution in [1.82, 2.24) is 0 Å². The highest BCUT2D eigenvalue weighted by Gasteiger charge is 2.21. The van der Waals surface area contributed by atoms with Gasteiger partial charge in [-0.25, -0.2) is 13.6 Å². The maximum atomic E-state index is 13.7. The van der Waals surface area contributed by atoms with Gasteiger partial charge in [0.15, 0.2) is 0 Å². The SMILES string of the molecule is NS(=O)(=O)c1cc([N+](=O)[O-])ccc1N=Nc1ccc(O)c2cccc(NC(=O)c3ccc(F)c([N+](=O)[O-])c3)c12. The molecule has 0 heterocycles. The summed E-state index contributed by atoms with van der Waals surface area (Å²) in [6.45, 7) is 0. The number of nitrogens with one attached hydrogen (secondary N) is 1. The first-order valence-corrected chi connectivity index (χ1v) is 12.1. The lowest BCUT2D eigenvalue weighted by Crippen LogP contribution is -2.13. The minimum Gasteiger partial charge on any atom is -0.507 e. The molecule has 0 spiro atoms. The largest absolute Gasteiger partial charge is 0.507 e. The Balaban J connectivity index is 1.80. The van der Waals surface area contributed by atoms with Gasteiger partial charge in [-0.2, -0.15) is 4.39 Å². The molecule has 0 saturated carbocycles. The molecule has 0 aromatic heterocycles. The van der Waals surface area contributed by atoms with Crippen LogP contribution in [0.3, 0.4) is 0 Å². The van der Waals surface area contributed by atoms with E-state index in [2.05, 4.69) is 15.5 Å². The molecule has 0 bridgehead atoms. The van der Waals surface area contributed by atoms with Crippen LogP contribution in [0.4, 0.5) is 32.8 Å². The van der Waals surface area contributed by atoms with Crippen LogP contribution in [-0.4, -0.2) is 29.3 Å². The van der Waals surface area contributed by atoms with Gasteiger partial charge in [-0.15, -0.1) is 10.2 Å². The number of hydrogen-bond donors (Lipinski definition) is 3. The molecule has 0 aliphatic carbocycles. The van der Waals surface area contributed by atoms with Crippen molar-refractivity contribution < 1.29 is 32.6 Å². The van der Waals surface area contributed by atoms with E-state index >= 15 is 0 Å². The minimum atomic E-state index is -4.44. The molecule has 16 heteroatoms. The Kier molecular flexibility index (Phi) is 6.98. The first-order chi connectivity index (χ1) is 18.4. The van der Waals surface area contributed by atoms with Crippen molar-refractivity contribution in [2.45, 2.75) is 4.90 Å². The normalized spacial score (nSPS) is 11.5. The van der Waals surface area contributed by atoms with Crippen molar-refractivity contribution in [2.24, 2.45) is 15.4 Å². The van der Waals surface area contributed by atoms with Crippen LogP contribution < -0.4 is 10.5 Å². The number of nitrogens with two attached hydrogens (primary N) is 1. The molecule has 0 aliphatic rings. The molecule has 14 nitrogen and oxygen atoms in total. The summed E-state index contributed by atoms with van der Waals surface area (Å²) >= 11 is 0. The number of azo groups is 1. The summed E-state index contributed by atoms with van der Waals surface area (Å²) in [6, 6.07) is 12.3. The lowest BCUT2D eigenvalue weighted by molar-refractivity contribution is -0.387. The molecule has 4 rings (SSSR count). The van der Waals surface area contributed by atoms with Crippen LogP contribution in [0.15, 0.2) is 81.9 Å². The standard InChI is InChI=1S/C23H15FN6O8S/c24-15-6-4-12(10-19(15)30(35)36)23(32)26-17-3-1-2-14-20(31)9-8-18(22(14)17)28-27-16-7-5-13(29(33)34)11-21(16)39(25,37)38/h1-11,31H,(H,26,32)(H2,25,37,38). The number of phenols is 1. The average Bonchev–Trinajstić information content (AvgIpc) is 2.88. The molecule has 4 N–H and O–H groups in total. The number of anilines is 1. The fraction of sp³-hybridized carbons (Fsp3) is 0. The van der Waals surface area contributed by atoms with Crippen LogP contribution in [0.5, 0.6) is 5.75 Å². The number of nitrogens with zero attached hydrogens (tertiary/aromatic N) is 4. The Bertz CT molecular complexity index is 1830. The predicted octanol–water partition coefficient (Wildman–Crippen LogP) is 4.82. The van der Waals surface area contributed by atoms with E-state index < -0.39 is 47.9 Å². The maximum Gasteiger partial charge on any atom is 0.305 e. The summed E-state index contributed by atoms with van der Waals surface area (Å²) in [7, 11) is -4.44. The number of aromatic hydroxyl groups is 1.